The van der Waals surface area contributed by atoms with Crippen molar-refractivity contribution in [3.63, 3.8) is 0 Å². The Morgan fingerprint density at radius 3 is 2.41 bits per heavy atom. The fourth-order valence-electron chi connectivity index (χ4n) is 5.88. The quantitative estimate of drug-likeness (QED) is 0.385. The zero-order valence-corrected chi connectivity index (χ0v) is 24.7. The summed E-state index contributed by atoms with van der Waals surface area (Å²) in [5.41, 5.74) is 7.54. The average Bonchev–Trinajstić information content (AvgIpc) is 3.22. The standard InChI is InChI=1S/C31H44N6O2/c1-18-13-19(2)34-31(39)27(18)16-32-30(38)26-14-24(28-17-33-37(8)22(28)5)15-29(20(26)3)35-21(4)23-9-11-25(12-10-23)36(6)7/h13-15,17,21,23,25,35H,9-12,16H2,1-8H3,(H,32,38)(H,34,39). The Morgan fingerprint density at radius 1 is 1.13 bits per heavy atom. The number of amides is 1. The van der Waals surface area contributed by atoms with Crippen molar-refractivity contribution in [2.45, 2.75) is 78.9 Å². The molecule has 0 spiro atoms. The summed E-state index contributed by atoms with van der Waals surface area (Å²) in [4.78, 5) is 31.3. The first-order chi connectivity index (χ1) is 18.5. The Hall–Kier alpha value is -3.39. The van der Waals surface area contributed by atoms with E-state index >= 15 is 0 Å². The third kappa shape index (κ3) is 6.27. The lowest BCUT2D eigenvalue weighted by molar-refractivity contribution is 0.0950. The second-order valence-corrected chi connectivity index (χ2v) is 11.6. The summed E-state index contributed by atoms with van der Waals surface area (Å²) < 4.78 is 1.85. The van der Waals surface area contributed by atoms with Crippen LogP contribution in [0.25, 0.3) is 11.1 Å². The highest BCUT2D eigenvalue weighted by atomic mass is 16.1. The van der Waals surface area contributed by atoms with E-state index in [1.807, 2.05) is 57.8 Å². The predicted molar refractivity (Wildman–Crippen MR) is 158 cm³/mol. The van der Waals surface area contributed by atoms with Crippen LogP contribution < -0.4 is 16.2 Å². The minimum atomic E-state index is -0.197. The van der Waals surface area contributed by atoms with Crippen LogP contribution >= 0.6 is 0 Å². The van der Waals surface area contributed by atoms with E-state index in [-0.39, 0.29) is 24.1 Å². The third-order valence-corrected chi connectivity index (χ3v) is 8.68. The number of carbonyl (C=O) groups is 1. The fraction of sp³-hybridized carbons (Fsp3) is 0.516. The Morgan fingerprint density at radius 2 is 1.82 bits per heavy atom. The molecule has 4 rings (SSSR count). The molecule has 0 bridgehead atoms. The number of carbonyl (C=O) groups excluding carboxylic acids is 1. The molecule has 0 aliphatic heterocycles. The molecule has 1 aliphatic rings. The minimum absolute atomic E-state index is 0.163. The highest BCUT2D eigenvalue weighted by Gasteiger charge is 2.27. The summed E-state index contributed by atoms with van der Waals surface area (Å²) in [5.74, 6) is 0.385. The van der Waals surface area contributed by atoms with Gasteiger partial charge in [0.15, 0.2) is 0 Å². The van der Waals surface area contributed by atoms with E-state index in [0.29, 0.717) is 23.1 Å². The Kier molecular flexibility index (Phi) is 8.64. The maximum atomic E-state index is 13.6. The molecule has 8 heteroatoms. The van der Waals surface area contributed by atoms with E-state index in [2.05, 4.69) is 52.7 Å². The van der Waals surface area contributed by atoms with Crippen molar-refractivity contribution in [3.8, 4) is 11.1 Å². The topological polar surface area (TPSA) is 95.1 Å². The molecule has 2 aromatic heterocycles. The minimum Gasteiger partial charge on any atom is -0.382 e. The molecule has 3 N–H and O–H groups in total. The Balaban J connectivity index is 1.62. The van der Waals surface area contributed by atoms with Gasteiger partial charge in [-0.25, -0.2) is 0 Å². The highest BCUT2D eigenvalue weighted by molar-refractivity contribution is 5.98. The van der Waals surface area contributed by atoms with Gasteiger partial charge in [0.2, 0.25) is 0 Å². The van der Waals surface area contributed by atoms with Gasteiger partial charge in [0.05, 0.1) is 6.20 Å². The van der Waals surface area contributed by atoms with Crippen molar-refractivity contribution in [2.24, 2.45) is 13.0 Å². The van der Waals surface area contributed by atoms with Crippen molar-refractivity contribution >= 4 is 11.6 Å². The van der Waals surface area contributed by atoms with Crippen LogP contribution in [-0.2, 0) is 13.6 Å². The molecule has 39 heavy (non-hydrogen) atoms. The first-order valence-electron chi connectivity index (χ1n) is 14.0. The normalized spacial score (nSPS) is 18.3. The van der Waals surface area contributed by atoms with Crippen LogP contribution in [0.3, 0.4) is 0 Å². The molecule has 1 atom stereocenters. The van der Waals surface area contributed by atoms with Gasteiger partial charge < -0.3 is 20.5 Å². The van der Waals surface area contributed by atoms with Crippen LogP contribution in [0, 0.1) is 33.6 Å². The van der Waals surface area contributed by atoms with Crippen molar-refractivity contribution in [2.75, 3.05) is 19.4 Å². The second-order valence-electron chi connectivity index (χ2n) is 11.6. The first-order valence-corrected chi connectivity index (χ1v) is 14.0. The maximum Gasteiger partial charge on any atom is 0.253 e. The molecule has 1 fully saturated rings. The van der Waals surface area contributed by atoms with Crippen molar-refractivity contribution in [1.29, 1.82) is 0 Å². The lowest BCUT2D eigenvalue weighted by Crippen LogP contribution is -2.36. The van der Waals surface area contributed by atoms with Gasteiger partial charge in [-0.15, -0.1) is 0 Å². The maximum absolute atomic E-state index is 13.6. The van der Waals surface area contributed by atoms with Crippen LogP contribution in [0.2, 0.25) is 0 Å². The summed E-state index contributed by atoms with van der Waals surface area (Å²) in [5, 5.41) is 11.2. The van der Waals surface area contributed by atoms with Gasteiger partial charge in [-0.2, -0.15) is 5.10 Å². The van der Waals surface area contributed by atoms with Gasteiger partial charge in [-0.05, 0) is 115 Å². The largest absolute Gasteiger partial charge is 0.382 e. The van der Waals surface area contributed by atoms with Gasteiger partial charge in [0.25, 0.3) is 11.5 Å². The molecule has 210 valence electrons. The molecule has 1 aliphatic carbocycles. The van der Waals surface area contributed by atoms with Crippen molar-refractivity contribution < 1.29 is 4.79 Å². The van der Waals surface area contributed by atoms with Crippen molar-refractivity contribution in [3.05, 3.63) is 68.4 Å². The first kappa shape index (κ1) is 28.6. The molecular weight excluding hydrogens is 488 g/mol. The van der Waals surface area contributed by atoms with E-state index < -0.39 is 0 Å². The van der Waals surface area contributed by atoms with Crippen LogP contribution in [0.1, 0.15) is 71.0 Å². The number of benzene rings is 1. The Labute approximate surface area is 232 Å². The van der Waals surface area contributed by atoms with Gasteiger partial charge in [-0.3, -0.25) is 14.3 Å². The summed E-state index contributed by atoms with van der Waals surface area (Å²) in [6.45, 7) is 10.2. The van der Waals surface area contributed by atoms with Crippen LogP contribution in [0.15, 0.2) is 29.2 Å². The number of nitrogens with zero attached hydrogens (tertiary/aromatic N) is 3. The van der Waals surface area contributed by atoms with Crippen LogP contribution in [0.5, 0.6) is 0 Å². The van der Waals surface area contributed by atoms with Crippen LogP contribution in [-0.4, -0.2) is 51.8 Å². The zero-order chi connectivity index (χ0) is 28.4. The monoisotopic (exact) mass is 532 g/mol. The summed E-state index contributed by atoms with van der Waals surface area (Å²) in [6.07, 6.45) is 6.66. The molecule has 8 nitrogen and oxygen atoms in total. The predicted octanol–water partition coefficient (Wildman–Crippen LogP) is 4.86. The lowest BCUT2D eigenvalue weighted by Gasteiger charge is -2.36. The Bertz CT molecular complexity index is 1390. The lowest BCUT2D eigenvalue weighted by atomic mass is 9.81. The van der Waals surface area contributed by atoms with E-state index in [9.17, 15) is 9.59 Å². The smallest absolute Gasteiger partial charge is 0.253 e. The van der Waals surface area contributed by atoms with E-state index in [1.165, 1.54) is 25.7 Å². The SMILES string of the molecule is Cc1cc(C)c(CNC(=O)c2cc(-c3cnn(C)c3C)cc(NC(C)C3CCC(N(C)C)CC3)c2C)c(=O)[nH]1. The molecule has 1 unspecified atom stereocenters. The van der Waals surface area contributed by atoms with E-state index in [1.54, 1.807) is 0 Å². The number of nitrogens with one attached hydrogen (secondary N) is 3. The number of hydrogen-bond donors (Lipinski definition) is 3. The molecule has 0 radical (unpaired) electrons. The molecule has 2 heterocycles. The highest BCUT2D eigenvalue weighted by Crippen LogP contribution is 2.34. The summed E-state index contributed by atoms with van der Waals surface area (Å²) >= 11 is 0. The average molecular weight is 533 g/mol. The third-order valence-electron chi connectivity index (χ3n) is 8.68. The number of aromatic nitrogens is 3. The van der Waals surface area contributed by atoms with Gasteiger partial charge in [-0.1, -0.05) is 0 Å². The zero-order valence-electron chi connectivity index (χ0n) is 24.7. The van der Waals surface area contributed by atoms with E-state index in [4.69, 9.17) is 0 Å². The number of anilines is 1. The van der Waals surface area contributed by atoms with Gasteiger partial charge in [0.1, 0.15) is 0 Å². The number of aromatic amines is 1. The molecule has 0 saturated heterocycles. The number of rotatable bonds is 8. The number of hydrogen-bond acceptors (Lipinski definition) is 5. The van der Waals surface area contributed by atoms with Crippen LogP contribution in [0.4, 0.5) is 5.69 Å². The fourth-order valence-corrected chi connectivity index (χ4v) is 5.88. The molecule has 1 amide bonds. The second kappa shape index (κ2) is 11.8. The van der Waals surface area contributed by atoms with Gasteiger partial charge in [0, 0.05) is 59.4 Å². The van der Waals surface area contributed by atoms with E-state index in [0.717, 1.165) is 39.3 Å². The number of pyridine rings is 1. The summed E-state index contributed by atoms with van der Waals surface area (Å²) in [7, 11) is 6.27. The molecule has 1 saturated carbocycles. The van der Waals surface area contributed by atoms with Gasteiger partial charge >= 0.3 is 0 Å². The molecule has 1 aromatic carbocycles. The number of H-pyrrole nitrogens is 1. The van der Waals surface area contributed by atoms with Crippen molar-refractivity contribution in [1.82, 2.24) is 25.0 Å². The molecule has 3 aromatic rings. The summed E-state index contributed by atoms with van der Waals surface area (Å²) in [6, 6.07) is 6.95. The number of aryl methyl sites for hydroxylation is 3. The molecular formula is C31H44N6O2.